The van der Waals surface area contributed by atoms with Crippen LogP contribution in [-0.2, 0) is 7.05 Å². The third kappa shape index (κ3) is 1.80. The number of anilines is 1. The molecule has 96 valence electrons. The fraction of sp³-hybridized carbons (Fsp3) is 0.636. The van der Waals surface area contributed by atoms with Crippen molar-refractivity contribution in [1.29, 1.82) is 0 Å². The van der Waals surface area contributed by atoms with Crippen molar-refractivity contribution in [3.63, 3.8) is 0 Å². The first-order valence-corrected chi connectivity index (χ1v) is 6.38. The molecule has 0 unspecified atom stereocenters. The Morgan fingerprint density at radius 2 is 2.06 bits per heavy atom. The number of hydrogen-bond acceptors (Lipinski definition) is 5. The predicted octanol–water partition coefficient (Wildman–Crippen LogP) is -1.52. The van der Waals surface area contributed by atoms with E-state index in [2.05, 4.69) is 32.1 Å². The highest BCUT2D eigenvalue weighted by molar-refractivity contribution is 5.82. The largest absolute Gasteiger partial charge is 0.343 e. The van der Waals surface area contributed by atoms with Crippen molar-refractivity contribution in [2.75, 3.05) is 37.6 Å². The molecular weight excluding hydrogens is 230 g/mol. The summed E-state index contributed by atoms with van der Waals surface area (Å²) >= 11 is 0. The molecule has 1 saturated heterocycles. The van der Waals surface area contributed by atoms with Gasteiger partial charge in [0.05, 0.1) is 32.7 Å². The molecule has 1 N–H and O–H groups in total. The summed E-state index contributed by atoms with van der Waals surface area (Å²) in [5.41, 5.74) is 1.60. The van der Waals surface area contributed by atoms with E-state index in [9.17, 15) is 0 Å². The number of nitrogens with one attached hydrogen (secondary N) is 1. The number of hydrogen-bond donors (Lipinski definition) is 1. The molecule has 0 atom stereocenters. The Balaban J connectivity index is 1.91. The Labute approximate surface area is 105 Å². The minimum absolute atomic E-state index is 0.797. The number of aryl methyl sites for hydroxylation is 1. The van der Waals surface area contributed by atoms with Gasteiger partial charge in [-0.2, -0.15) is 0 Å². The smallest absolute Gasteiger partial charge is 0.183 e. The molecule has 2 aromatic rings. The minimum Gasteiger partial charge on any atom is -0.343 e. The highest BCUT2D eigenvalue weighted by Crippen LogP contribution is 2.19. The van der Waals surface area contributed by atoms with E-state index in [-0.39, 0.29) is 0 Å². The van der Waals surface area contributed by atoms with Gasteiger partial charge in [-0.15, -0.1) is 5.10 Å². The van der Waals surface area contributed by atoms with Crippen LogP contribution in [0.15, 0.2) is 6.33 Å². The Morgan fingerprint density at radius 3 is 2.78 bits per heavy atom. The average molecular weight is 248 g/mol. The summed E-state index contributed by atoms with van der Waals surface area (Å²) in [5.74, 6) is 0.920. The lowest BCUT2D eigenvalue weighted by Gasteiger charge is -2.32. The van der Waals surface area contributed by atoms with E-state index in [1.165, 1.54) is 6.54 Å². The van der Waals surface area contributed by atoms with Crippen LogP contribution in [0.25, 0.3) is 11.2 Å². The molecule has 0 aliphatic carbocycles. The van der Waals surface area contributed by atoms with E-state index in [1.54, 1.807) is 15.9 Å². The summed E-state index contributed by atoms with van der Waals surface area (Å²) in [4.78, 5) is 12.5. The molecule has 7 nitrogen and oxygen atoms in total. The third-order valence-corrected chi connectivity index (χ3v) is 3.64. The van der Waals surface area contributed by atoms with Crippen LogP contribution in [0.3, 0.4) is 0 Å². The summed E-state index contributed by atoms with van der Waals surface area (Å²) < 4.78 is 1.69. The number of aromatic nitrogens is 5. The van der Waals surface area contributed by atoms with Gasteiger partial charge < -0.3 is 9.80 Å². The Bertz CT molecular complexity index is 541. The van der Waals surface area contributed by atoms with Crippen LogP contribution < -0.4 is 9.80 Å². The van der Waals surface area contributed by atoms with Gasteiger partial charge in [0, 0.05) is 7.05 Å². The summed E-state index contributed by atoms with van der Waals surface area (Å²) in [6, 6.07) is 0. The maximum Gasteiger partial charge on any atom is 0.183 e. The number of likely N-dealkylation sites (N-methyl/N-ethyl adjacent to an activating group) is 1. The van der Waals surface area contributed by atoms with Crippen LogP contribution in [0.1, 0.15) is 6.92 Å². The maximum atomic E-state index is 4.38. The van der Waals surface area contributed by atoms with E-state index in [0.29, 0.717) is 0 Å². The molecule has 0 aromatic carbocycles. The molecule has 18 heavy (non-hydrogen) atoms. The predicted molar refractivity (Wildman–Crippen MR) is 67.5 cm³/mol. The molecule has 0 saturated carbocycles. The van der Waals surface area contributed by atoms with Gasteiger partial charge >= 0.3 is 0 Å². The summed E-state index contributed by atoms with van der Waals surface area (Å²) in [5, 5.41) is 8.19. The van der Waals surface area contributed by atoms with Gasteiger partial charge in [0.15, 0.2) is 17.0 Å². The minimum atomic E-state index is 0.797. The lowest BCUT2D eigenvalue weighted by atomic mass is 10.3. The lowest BCUT2D eigenvalue weighted by molar-refractivity contribution is -0.898. The van der Waals surface area contributed by atoms with E-state index < -0.39 is 0 Å². The molecule has 1 fully saturated rings. The zero-order valence-corrected chi connectivity index (χ0v) is 10.8. The molecule has 7 heteroatoms. The highest BCUT2D eigenvalue weighted by atomic mass is 15.4. The van der Waals surface area contributed by atoms with E-state index in [0.717, 1.165) is 43.2 Å². The third-order valence-electron chi connectivity index (χ3n) is 3.64. The number of piperazine rings is 1. The van der Waals surface area contributed by atoms with Gasteiger partial charge in [-0.25, -0.2) is 14.6 Å². The van der Waals surface area contributed by atoms with Gasteiger partial charge in [0.25, 0.3) is 0 Å². The second kappa shape index (κ2) is 4.49. The van der Waals surface area contributed by atoms with Crippen molar-refractivity contribution in [2.45, 2.75) is 6.92 Å². The Morgan fingerprint density at radius 1 is 1.28 bits per heavy atom. The number of quaternary nitrogens is 1. The molecule has 0 amide bonds. The van der Waals surface area contributed by atoms with E-state index in [1.807, 2.05) is 7.05 Å². The topological polar surface area (TPSA) is 64.2 Å². The van der Waals surface area contributed by atoms with Gasteiger partial charge in [0.1, 0.15) is 6.33 Å². The van der Waals surface area contributed by atoms with Crippen molar-refractivity contribution in [1.82, 2.24) is 25.0 Å². The van der Waals surface area contributed by atoms with Crippen LogP contribution in [0.2, 0.25) is 0 Å². The van der Waals surface area contributed by atoms with Crippen molar-refractivity contribution >= 4 is 17.0 Å². The zero-order valence-electron chi connectivity index (χ0n) is 10.8. The molecule has 0 radical (unpaired) electrons. The van der Waals surface area contributed by atoms with Crippen molar-refractivity contribution in [3.8, 4) is 0 Å². The van der Waals surface area contributed by atoms with Crippen molar-refractivity contribution in [3.05, 3.63) is 6.33 Å². The van der Waals surface area contributed by atoms with Crippen molar-refractivity contribution < 1.29 is 4.90 Å². The normalized spacial score (nSPS) is 17.6. The SMILES string of the molecule is CC[NH+]1CCN(c2ncnc3c2nnn3C)CC1. The molecule has 3 rings (SSSR count). The lowest BCUT2D eigenvalue weighted by Crippen LogP contribution is -3.14. The van der Waals surface area contributed by atoms with Gasteiger partial charge in [0.2, 0.25) is 0 Å². The summed E-state index contributed by atoms with van der Waals surface area (Å²) in [6.07, 6.45) is 1.60. The first-order chi connectivity index (χ1) is 8.79. The average Bonchev–Trinajstić information content (AvgIpc) is 2.81. The van der Waals surface area contributed by atoms with Gasteiger partial charge in [-0.3, -0.25) is 0 Å². The van der Waals surface area contributed by atoms with Crippen LogP contribution in [0.4, 0.5) is 5.82 Å². The van der Waals surface area contributed by atoms with Crippen LogP contribution in [-0.4, -0.2) is 57.7 Å². The van der Waals surface area contributed by atoms with Gasteiger partial charge in [-0.05, 0) is 6.92 Å². The summed E-state index contributed by atoms with van der Waals surface area (Å²) in [6.45, 7) is 7.77. The molecule has 0 bridgehead atoms. The van der Waals surface area contributed by atoms with E-state index >= 15 is 0 Å². The van der Waals surface area contributed by atoms with Crippen molar-refractivity contribution in [2.24, 2.45) is 7.05 Å². The van der Waals surface area contributed by atoms with Crippen LogP contribution in [0, 0.1) is 0 Å². The molecule has 3 heterocycles. The fourth-order valence-electron chi connectivity index (χ4n) is 2.46. The second-order valence-corrected chi connectivity index (χ2v) is 4.67. The Kier molecular flexibility index (Phi) is 2.83. The molecule has 1 aliphatic heterocycles. The zero-order chi connectivity index (χ0) is 12.5. The first kappa shape index (κ1) is 11.3. The highest BCUT2D eigenvalue weighted by Gasteiger charge is 2.22. The standard InChI is InChI=1S/C11H17N7/c1-3-17-4-6-18(7-5-17)11-9-10(12-8-13-11)16(2)15-14-9/h8H,3-7H2,1-2H3/p+1. The molecule has 1 aliphatic rings. The van der Waals surface area contributed by atoms with Crippen LogP contribution >= 0.6 is 0 Å². The quantitative estimate of drug-likeness (QED) is 0.699. The number of nitrogens with zero attached hydrogens (tertiary/aromatic N) is 6. The number of rotatable bonds is 2. The molecule has 0 spiro atoms. The maximum absolute atomic E-state index is 4.38. The van der Waals surface area contributed by atoms with Gasteiger partial charge in [-0.1, -0.05) is 5.21 Å². The Hall–Kier alpha value is -1.76. The number of fused-ring (bicyclic) bond motifs is 1. The molecule has 2 aromatic heterocycles. The monoisotopic (exact) mass is 248 g/mol. The second-order valence-electron chi connectivity index (χ2n) is 4.67. The first-order valence-electron chi connectivity index (χ1n) is 6.38. The van der Waals surface area contributed by atoms with Crippen LogP contribution in [0.5, 0.6) is 0 Å². The van der Waals surface area contributed by atoms with E-state index in [4.69, 9.17) is 0 Å². The summed E-state index contributed by atoms with van der Waals surface area (Å²) in [7, 11) is 1.85. The molecular formula is C11H18N7+. The fourth-order valence-corrected chi connectivity index (χ4v) is 2.46.